The monoisotopic (exact) mass is 494 g/mol. The second kappa shape index (κ2) is 10.4. The molecule has 0 spiro atoms. The molecular weight excluding hydrogens is 472 g/mol. The maximum Gasteiger partial charge on any atom is 0.338 e. The Morgan fingerprint density at radius 1 is 1.12 bits per heavy atom. The smallest absolute Gasteiger partial charge is 0.338 e. The Hall–Kier alpha value is -2.49. The van der Waals surface area contributed by atoms with Gasteiger partial charge < -0.3 is 9.30 Å². The van der Waals surface area contributed by atoms with Crippen LogP contribution in [0.4, 0.5) is 0 Å². The van der Waals surface area contributed by atoms with E-state index >= 15 is 0 Å². The summed E-state index contributed by atoms with van der Waals surface area (Å²) in [5.41, 5.74) is 1.30. The minimum atomic E-state index is -3.50. The summed E-state index contributed by atoms with van der Waals surface area (Å²) >= 11 is 7.10. The number of aryl methyl sites for hydroxylation is 1. The van der Waals surface area contributed by atoms with Gasteiger partial charge in [0, 0.05) is 18.0 Å². The molecule has 0 N–H and O–H groups in total. The van der Waals surface area contributed by atoms with Crippen LogP contribution in [-0.2, 0) is 25.9 Å². The van der Waals surface area contributed by atoms with E-state index in [4.69, 9.17) is 16.3 Å². The molecule has 3 aromatic rings. The number of halogens is 1. The predicted molar refractivity (Wildman–Crippen MR) is 125 cm³/mol. The van der Waals surface area contributed by atoms with E-state index < -0.39 is 21.7 Å². The molecule has 0 radical (unpaired) electrons. The molecule has 7 nitrogen and oxygen atoms in total. The zero-order valence-electron chi connectivity index (χ0n) is 17.7. The van der Waals surface area contributed by atoms with Crippen molar-refractivity contribution in [3.05, 3.63) is 57.9 Å². The van der Waals surface area contributed by atoms with E-state index in [-0.39, 0.29) is 23.5 Å². The van der Waals surface area contributed by atoms with E-state index in [1.807, 2.05) is 17.6 Å². The molecule has 1 aromatic heterocycles. The molecule has 3 rings (SSSR count). The molecule has 0 atom stereocenters. The number of benzene rings is 2. The van der Waals surface area contributed by atoms with E-state index in [2.05, 4.69) is 4.99 Å². The number of hydrogen-bond acceptors (Lipinski definition) is 6. The van der Waals surface area contributed by atoms with Crippen LogP contribution < -0.4 is 4.80 Å². The van der Waals surface area contributed by atoms with Gasteiger partial charge in [0.15, 0.2) is 14.6 Å². The third-order valence-corrected chi connectivity index (χ3v) is 7.82. The molecule has 1 amide bonds. The minimum Gasteiger partial charge on any atom is -0.462 e. The Labute approximate surface area is 195 Å². The van der Waals surface area contributed by atoms with E-state index in [0.717, 1.165) is 10.2 Å². The standard InChI is InChI=1S/C22H23ClN2O5S2/c1-3-25-18-12-7-15(21(27)30-4-2)14-19(18)31-22(25)24-20(26)6-5-13-32(28,29)17-10-8-16(23)9-11-17/h7-12,14H,3-6,13H2,1-2H3. The number of rotatable bonds is 8. The highest BCUT2D eigenvalue weighted by Crippen LogP contribution is 2.20. The second-order valence-electron chi connectivity index (χ2n) is 6.91. The Morgan fingerprint density at radius 2 is 1.84 bits per heavy atom. The van der Waals surface area contributed by atoms with Crippen LogP contribution in [-0.4, -0.2) is 37.2 Å². The molecule has 0 saturated heterocycles. The average Bonchev–Trinajstić information content (AvgIpc) is 3.10. The number of fused-ring (bicyclic) bond motifs is 1. The molecule has 0 aliphatic carbocycles. The molecular formula is C22H23ClN2O5S2. The Kier molecular flexibility index (Phi) is 7.86. The van der Waals surface area contributed by atoms with E-state index in [1.54, 1.807) is 19.1 Å². The van der Waals surface area contributed by atoms with Gasteiger partial charge in [0.2, 0.25) is 5.91 Å². The molecule has 0 unspecified atom stereocenters. The fourth-order valence-corrected chi connectivity index (χ4v) is 5.73. The van der Waals surface area contributed by atoms with Crippen LogP contribution in [0.25, 0.3) is 10.2 Å². The number of sulfone groups is 1. The van der Waals surface area contributed by atoms with Crippen molar-refractivity contribution in [2.45, 2.75) is 38.1 Å². The summed E-state index contributed by atoms with van der Waals surface area (Å²) in [7, 11) is -3.50. The maximum atomic E-state index is 12.4. The molecule has 1 heterocycles. The highest BCUT2D eigenvalue weighted by Gasteiger charge is 2.16. The quantitative estimate of drug-likeness (QED) is 0.436. The van der Waals surface area contributed by atoms with Crippen molar-refractivity contribution in [2.75, 3.05) is 12.4 Å². The summed E-state index contributed by atoms with van der Waals surface area (Å²) in [6, 6.07) is 11.2. The van der Waals surface area contributed by atoms with Gasteiger partial charge in [-0.2, -0.15) is 4.99 Å². The first-order valence-corrected chi connectivity index (χ1v) is 13.0. The molecule has 32 heavy (non-hydrogen) atoms. The van der Waals surface area contributed by atoms with Gasteiger partial charge in [-0.15, -0.1) is 0 Å². The minimum absolute atomic E-state index is 0.0128. The van der Waals surface area contributed by atoms with Crippen LogP contribution in [0.2, 0.25) is 5.02 Å². The number of amides is 1. The first kappa shape index (κ1) is 24.2. The van der Waals surface area contributed by atoms with Gasteiger partial charge in [-0.25, -0.2) is 13.2 Å². The lowest BCUT2D eigenvalue weighted by Gasteiger charge is -2.04. The summed E-state index contributed by atoms with van der Waals surface area (Å²) in [6.07, 6.45) is 0.177. The topological polar surface area (TPSA) is 94.8 Å². The SMILES string of the molecule is CCOC(=O)c1ccc2c(c1)sc(=NC(=O)CCCS(=O)(=O)c1ccc(Cl)cc1)n2CC. The van der Waals surface area contributed by atoms with Crippen LogP contribution in [0, 0.1) is 0 Å². The van der Waals surface area contributed by atoms with Crippen molar-refractivity contribution in [2.24, 2.45) is 4.99 Å². The average molecular weight is 495 g/mol. The van der Waals surface area contributed by atoms with Gasteiger partial charge in [-0.05, 0) is 62.7 Å². The lowest BCUT2D eigenvalue weighted by molar-refractivity contribution is -0.118. The summed E-state index contributed by atoms with van der Waals surface area (Å²) < 4.78 is 32.6. The number of carbonyl (C=O) groups excluding carboxylic acids is 2. The fourth-order valence-electron chi connectivity index (χ4n) is 3.14. The van der Waals surface area contributed by atoms with E-state index in [9.17, 15) is 18.0 Å². The summed E-state index contributed by atoms with van der Waals surface area (Å²) in [5.74, 6) is -0.947. The number of aromatic nitrogens is 1. The number of ether oxygens (including phenoxy) is 1. The third-order valence-electron chi connectivity index (χ3n) is 4.71. The lowest BCUT2D eigenvalue weighted by atomic mass is 10.2. The van der Waals surface area contributed by atoms with Gasteiger partial charge in [0.1, 0.15) is 0 Å². The summed E-state index contributed by atoms with van der Waals surface area (Å²) in [4.78, 5) is 29.3. The highest BCUT2D eigenvalue weighted by atomic mass is 35.5. The third kappa shape index (κ3) is 5.65. The van der Waals surface area contributed by atoms with Gasteiger partial charge >= 0.3 is 5.97 Å². The molecule has 170 valence electrons. The first-order valence-electron chi connectivity index (χ1n) is 10.1. The van der Waals surface area contributed by atoms with Crippen LogP contribution in [0.15, 0.2) is 52.4 Å². The molecule has 0 aliphatic heterocycles. The number of thiazole rings is 1. The van der Waals surface area contributed by atoms with Crippen LogP contribution >= 0.6 is 22.9 Å². The molecule has 0 fully saturated rings. The van der Waals surface area contributed by atoms with E-state index in [0.29, 0.717) is 28.5 Å². The highest BCUT2D eigenvalue weighted by molar-refractivity contribution is 7.91. The van der Waals surface area contributed by atoms with Crippen molar-refractivity contribution in [3.8, 4) is 0 Å². The molecule has 2 aromatic carbocycles. The van der Waals surface area contributed by atoms with Gasteiger partial charge in [-0.3, -0.25) is 4.79 Å². The molecule has 10 heteroatoms. The Bertz CT molecular complexity index is 1310. The zero-order chi connectivity index (χ0) is 23.3. The van der Waals surface area contributed by atoms with Crippen molar-refractivity contribution >= 4 is 54.9 Å². The van der Waals surface area contributed by atoms with Crippen molar-refractivity contribution < 1.29 is 22.7 Å². The van der Waals surface area contributed by atoms with Crippen molar-refractivity contribution in [1.29, 1.82) is 0 Å². The fraction of sp³-hybridized carbons (Fsp3) is 0.318. The maximum absolute atomic E-state index is 12.4. The van der Waals surface area contributed by atoms with E-state index in [1.165, 1.54) is 35.6 Å². The number of carbonyl (C=O) groups is 2. The second-order valence-corrected chi connectivity index (χ2v) is 10.5. The normalized spacial score (nSPS) is 12.3. The van der Waals surface area contributed by atoms with Gasteiger partial charge in [0.25, 0.3) is 0 Å². The van der Waals surface area contributed by atoms with Crippen molar-refractivity contribution in [1.82, 2.24) is 4.57 Å². The first-order chi connectivity index (χ1) is 15.2. The summed E-state index contributed by atoms with van der Waals surface area (Å²) in [5, 5.41) is 0.458. The Morgan fingerprint density at radius 3 is 2.50 bits per heavy atom. The summed E-state index contributed by atoms with van der Waals surface area (Å²) in [6.45, 7) is 4.57. The van der Waals surface area contributed by atoms with Crippen LogP contribution in [0.5, 0.6) is 0 Å². The van der Waals surface area contributed by atoms with Gasteiger partial charge in [-0.1, -0.05) is 22.9 Å². The number of hydrogen-bond donors (Lipinski definition) is 0. The lowest BCUT2D eigenvalue weighted by Crippen LogP contribution is -2.16. The predicted octanol–water partition coefficient (Wildman–Crippen LogP) is 4.23. The zero-order valence-corrected chi connectivity index (χ0v) is 20.1. The number of esters is 1. The molecule has 0 saturated carbocycles. The Balaban J connectivity index is 1.75. The molecule has 0 aliphatic rings. The largest absolute Gasteiger partial charge is 0.462 e. The number of nitrogens with zero attached hydrogens (tertiary/aromatic N) is 2. The van der Waals surface area contributed by atoms with Gasteiger partial charge in [0.05, 0.1) is 33.0 Å². The molecule has 0 bridgehead atoms. The van der Waals surface area contributed by atoms with Crippen LogP contribution in [0.3, 0.4) is 0 Å². The van der Waals surface area contributed by atoms with Crippen LogP contribution in [0.1, 0.15) is 37.0 Å². The van der Waals surface area contributed by atoms with Crippen molar-refractivity contribution in [3.63, 3.8) is 0 Å².